The summed E-state index contributed by atoms with van der Waals surface area (Å²) in [4.78, 5) is 0. The number of halogens is 6. The van der Waals surface area contributed by atoms with Crippen molar-refractivity contribution in [3.63, 3.8) is 0 Å². The van der Waals surface area contributed by atoms with Crippen molar-refractivity contribution in [1.29, 1.82) is 0 Å². The van der Waals surface area contributed by atoms with Crippen LogP contribution in [0.4, 0.5) is 26.3 Å². The maximum Gasteiger partial charge on any atom is 0.417 e. The fraction of sp³-hybridized carbons (Fsp3) is 0.143. The van der Waals surface area contributed by atoms with Gasteiger partial charge in [-0.3, -0.25) is 0 Å². The van der Waals surface area contributed by atoms with Gasteiger partial charge in [-0.25, -0.2) is 0 Å². The van der Waals surface area contributed by atoms with Gasteiger partial charge in [-0.2, -0.15) is 26.3 Å². The maximum absolute atomic E-state index is 15.4. The van der Waals surface area contributed by atoms with Crippen LogP contribution in [0, 0.1) is 27.7 Å². The number of aryl methyl sites for hydroxylation is 4. The summed E-state index contributed by atoms with van der Waals surface area (Å²) in [5.74, 6) is 0. The standard InChI is InChI=1S/C42H30F6N2/c1-23-11-7-16-28-29-17-8-12-24(2)38(29)49(37(23)28)35-21-32(27-15-5-6-20-33(27)41(43,44)45)34(42(46,47)48)22-36(35)50-39-25(3)13-9-18-30(39)31-19-10-14-26(4)40(31)50/h5-22H,1-4H3. The molecule has 0 atom stereocenters. The van der Waals surface area contributed by atoms with E-state index in [1.807, 2.05) is 110 Å². The third kappa shape index (κ3) is 4.65. The highest BCUT2D eigenvalue weighted by molar-refractivity contribution is 6.13. The molecule has 0 aliphatic rings. The van der Waals surface area contributed by atoms with E-state index in [4.69, 9.17) is 0 Å². The molecule has 0 unspecified atom stereocenters. The quantitative estimate of drug-likeness (QED) is 0.165. The first-order chi connectivity index (χ1) is 23.8. The summed E-state index contributed by atoms with van der Waals surface area (Å²) in [5, 5.41) is 3.51. The van der Waals surface area contributed by atoms with E-state index in [1.165, 1.54) is 18.2 Å². The molecule has 0 fully saturated rings. The zero-order chi connectivity index (χ0) is 35.3. The van der Waals surface area contributed by atoms with E-state index in [1.54, 1.807) is 0 Å². The molecule has 8 heteroatoms. The number of nitrogens with zero attached hydrogens (tertiary/aromatic N) is 2. The first-order valence-corrected chi connectivity index (χ1v) is 16.2. The predicted octanol–water partition coefficient (Wildman–Crippen LogP) is 12.8. The maximum atomic E-state index is 15.4. The van der Waals surface area contributed by atoms with E-state index < -0.39 is 34.6 Å². The Morgan fingerprint density at radius 3 is 1.12 bits per heavy atom. The van der Waals surface area contributed by atoms with Gasteiger partial charge in [-0.05, 0) is 79.3 Å². The van der Waals surface area contributed by atoms with E-state index in [9.17, 15) is 13.2 Å². The molecular weight excluding hydrogens is 646 g/mol. The van der Waals surface area contributed by atoms with Crippen LogP contribution < -0.4 is 0 Å². The molecule has 2 aromatic heterocycles. The highest BCUT2D eigenvalue weighted by Crippen LogP contribution is 2.48. The van der Waals surface area contributed by atoms with Crippen molar-refractivity contribution in [1.82, 2.24) is 9.13 Å². The van der Waals surface area contributed by atoms with Gasteiger partial charge in [0.2, 0.25) is 0 Å². The number of aromatic nitrogens is 2. The SMILES string of the molecule is Cc1cccc2c3cccc(C)c3n(-c3cc(-c4ccccc4C(F)(F)F)c(C(F)(F)F)cc3-n3c4c(C)cccc4c4cccc(C)c43)c12. The second-order valence-corrected chi connectivity index (χ2v) is 13.0. The van der Waals surface area contributed by atoms with Crippen molar-refractivity contribution in [2.24, 2.45) is 0 Å². The predicted molar refractivity (Wildman–Crippen MR) is 190 cm³/mol. The minimum Gasteiger partial charge on any atom is -0.307 e. The van der Waals surface area contributed by atoms with E-state index in [-0.39, 0.29) is 5.69 Å². The number of para-hydroxylation sites is 4. The molecule has 2 nitrogen and oxygen atoms in total. The van der Waals surface area contributed by atoms with Gasteiger partial charge in [0.15, 0.2) is 0 Å². The lowest BCUT2D eigenvalue weighted by molar-refractivity contribution is -0.139. The monoisotopic (exact) mass is 676 g/mol. The molecule has 0 spiro atoms. The van der Waals surface area contributed by atoms with E-state index in [0.29, 0.717) is 5.69 Å². The summed E-state index contributed by atoms with van der Waals surface area (Å²) >= 11 is 0. The molecule has 0 N–H and O–H groups in total. The van der Waals surface area contributed by atoms with Crippen LogP contribution in [-0.2, 0) is 12.4 Å². The zero-order valence-corrected chi connectivity index (χ0v) is 27.6. The molecule has 250 valence electrons. The van der Waals surface area contributed by atoms with Gasteiger partial charge in [0.05, 0.1) is 44.6 Å². The highest BCUT2D eigenvalue weighted by atomic mass is 19.4. The average molecular weight is 677 g/mol. The summed E-state index contributed by atoms with van der Waals surface area (Å²) < 4.78 is 93.5. The molecule has 50 heavy (non-hydrogen) atoms. The highest BCUT2D eigenvalue weighted by Gasteiger charge is 2.40. The van der Waals surface area contributed by atoms with Crippen LogP contribution in [0.1, 0.15) is 33.4 Å². The number of fused-ring (bicyclic) bond motifs is 6. The Labute approximate surface area is 283 Å². The molecule has 0 aliphatic heterocycles. The van der Waals surface area contributed by atoms with Crippen molar-refractivity contribution < 1.29 is 26.3 Å². The molecule has 8 aromatic rings. The third-order valence-corrected chi connectivity index (χ3v) is 9.85. The molecule has 0 saturated heterocycles. The minimum atomic E-state index is -4.99. The van der Waals surface area contributed by atoms with Crippen LogP contribution in [0.15, 0.2) is 109 Å². The molecule has 0 saturated carbocycles. The first-order valence-electron chi connectivity index (χ1n) is 16.2. The first kappa shape index (κ1) is 31.7. The summed E-state index contributed by atoms with van der Waals surface area (Å²) in [5.41, 5.74) is 3.58. The Balaban J connectivity index is 1.67. The van der Waals surface area contributed by atoms with Crippen LogP contribution in [0.3, 0.4) is 0 Å². The van der Waals surface area contributed by atoms with Gasteiger partial charge in [0.1, 0.15) is 0 Å². The lowest BCUT2D eigenvalue weighted by Crippen LogP contribution is -2.14. The summed E-state index contributed by atoms with van der Waals surface area (Å²) in [6, 6.07) is 30.1. The van der Waals surface area contributed by atoms with Gasteiger partial charge in [-0.15, -0.1) is 0 Å². The molecular formula is C42H30F6N2. The van der Waals surface area contributed by atoms with E-state index >= 15 is 13.2 Å². The normalized spacial score (nSPS) is 12.6. The molecule has 0 amide bonds. The van der Waals surface area contributed by atoms with Gasteiger partial charge in [0.25, 0.3) is 0 Å². The third-order valence-electron chi connectivity index (χ3n) is 9.85. The Morgan fingerprint density at radius 2 is 0.740 bits per heavy atom. The molecule has 0 aliphatic carbocycles. The van der Waals surface area contributed by atoms with Crippen molar-refractivity contribution in [2.45, 2.75) is 40.0 Å². The van der Waals surface area contributed by atoms with Gasteiger partial charge >= 0.3 is 12.4 Å². The number of hydrogen-bond donors (Lipinski definition) is 0. The Hall–Kier alpha value is -5.50. The number of rotatable bonds is 3. The van der Waals surface area contributed by atoms with Gasteiger partial charge in [-0.1, -0.05) is 91.0 Å². The fourth-order valence-electron chi connectivity index (χ4n) is 7.76. The van der Waals surface area contributed by atoms with Crippen LogP contribution in [0.5, 0.6) is 0 Å². The molecule has 8 rings (SSSR count). The largest absolute Gasteiger partial charge is 0.417 e. The fourth-order valence-corrected chi connectivity index (χ4v) is 7.76. The number of benzene rings is 6. The summed E-state index contributed by atoms with van der Waals surface area (Å²) in [7, 11) is 0. The Kier molecular flexibility index (Phi) is 6.99. The van der Waals surface area contributed by atoms with Crippen molar-refractivity contribution in [2.75, 3.05) is 0 Å². The van der Waals surface area contributed by atoms with Gasteiger partial charge in [0, 0.05) is 21.5 Å². The summed E-state index contributed by atoms with van der Waals surface area (Å²) in [6.45, 7) is 7.71. The molecule has 0 bridgehead atoms. The lowest BCUT2D eigenvalue weighted by atomic mass is 9.93. The Morgan fingerprint density at radius 1 is 0.380 bits per heavy atom. The van der Waals surface area contributed by atoms with E-state index in [0.717, 1.165) is 84.1 Å². The topological polar surface area (TPSA) is 9.86 Å². The lowest BCUT2D eigenvalue weighted by Gasteiger charge is -2.24. The molecule has 2 heterocycles. The second-order valence-electron chi connectivity index (χ2n) is 13.0. The average Bonchev–Trinajstić information content (AvgIpc) is 3.60. The molecule has 0 radical (unpaired) electrons. The van der Waals surface area contributed by atoms with E-state index in [2.05, 4.69) is 0 Å². The van der Waals surface area contributed by atoms with Crippen molar-refractivity contribution >= 4 is 43.6 Å². The summed E-state index contributed by atoms with van der Waals surface area (Å²) in [6.07, 6.45) is -9.88. The zero-order valence-electron chi connectivity index (χ0n) is 27.6. The van der Waals surface area contributed by atoms with Crippen LogP contribution in [0.2, 0.25) is 0 Å². The smallest absolute Gasteiger partial charge is 0.307 e. The minimum absolute atomic E-state index is 0.208. The van der Waals surface area contributed by atoms with Crippen LogP contribution in [-0.4, -0.2) is 9.13 Å². The van der Waals surface area contributed by atoms with Crippen LogP contribution in [0.25, 0.3) is 66.1 Å². The Bertz CT molecular complexity index is 2550. The van der Waals surface area contributed by atoms with Crippen molar-refractivity contribution in [3.05, 3.63) is 143 Å². The number of alkyl halides is 6. The van der Waals surface area contributed by atoms with Gasteiger partial charge < -0.3 is 9.13 Å². The molecule has 6 aromatic carbocycles. The second kappa shape index (κ2) is 11.0. The van der Waals surface area contributed by atoms with Crippen LogP contribution >= 0.6 is 0 Å². The number of hydrogen-bond acceptors (Lipinski definition) is 0. The van der Waals surface area contributed by atoms with Crippen molar-refractivity contribution in [3.8, 4) is 22.5 Å².